The summed E-state index contributed by atoms with van der Waals surface area (Å²) in [6.07, 6.45) is -3.37. The fourth-order valence-electron chi connectivity index (χ4n) is 2.42. The van der Waals surface area contributed by atoms with E-state index in [4.69, 9.17) is 0 Å². The number of hydrogen-bond acceptors (Lipinski definition) is 4. The molecule has 128 valence electrons. The van der Waals surface area contributed by atoms with Crippen LogP contribution in [-0.4, -0.2) is 66.2 Å². The van der Waals surface area contributed by atoms with Crippen molar-refractivity contribution in [2.24, 2.45) is 0 Å². The van der Waals surface area contributed by atoms with Crippen LogP contribution in [0.1, 0.15) is 23.8 Å². The summed E-state index contributed by atoms with van der Waals surface area (Å²) in [6, 6.07) is 4.27. The Morgan fingerprint density at radius 3 is 2.57 bits per heavy atom. The van der Waals surface area contributed by atoms with Gasteiger partial charge in [0, 0.05) is 32.2 Å². The number of alkyl halides is 3. The Kier molecular flexibility index (Phi) is 5.81. The van der Waals surface area contributed by atoms with Crippen LogP contribution in [0.3, 0.4) is 0 Å². The van der Waals surface area contributed by atoms with Gasteiger partial charge in [-0.2, -0.15) is 13.2 Å². The number of halogens is 3. The lowest BCUT2D eigenvalue weighted by Gasteiger charge is -2.34. The highest BCUT2D eigenvalue weighted by Gasteiger charge is 2.29. The predicted octanol–water partition coefficient (Wildman–Crippen LogP) is 2.19. The van der Waals surface area contributed by atoms with Gasteiger partial charge in [-0.15, -0.1) is 0 Å². The first-order valence-corrected chi connectivity index (χ1v) is 7.57. The summed E-state index contributed by atoms with van der Waals surface area (Å²) in [5.74, 6) is -0.476. The van der Waals surface area contributed by atoms with Gasteiger partial charge in [0.05, 0.1) is 0 Å². The number of pyridine rings is 1. The molecule has 0 saturated carbocycles. The van der Waals surface area contributed by atoms with E-state index in [9.17, 15) is 18.0 Å². The molecule has 1 amide bonds. The number of piperazine rings is 1. The molecule has 1 aliphatic heterocycles. The van der Waals surface area contributed by atoms with Gasteiger partial charge < -0.3 is 9.64 Å². The first-order valence-electron chi connectivity index (χ1n) is 7.57. The largest absolute Gasteiger partial charge is 0.468 e. The van der Waals surface area contributed by atoms with Crippen LogP contribution in [0.2, 0.25) is 0 Å². The van der Waals surface area contributed by atoms with Gasteiger partial charge in [0.1, 0.15) is 5.69 Å². The van der Waals surface area contributed by atoms with E-state index in [-0.39, 0.29) is 17.5 Å². The maximum atomic E-state index is 12.4. The number of rotatable bonds is 5. The molecule has 0 aromatic carbocycles. The van der Waals surface area contributed by atoms with E-state index in [0.717, 1.165) is 26.1 Å². The maximum absolute atomic E-state index is 12.4. The van der Waals surface area contributed by atoms with Gasteiger partial charge in [0.2, 0.25) is 5.88 Å². The topological polar surface area (TPSA) is 45.7 Å². The lowest BCUT2D eigenvalue weighted by Crippen LogP contribution is -2.48. The summed E-state index contributed by atoms with van der Waals surface area (Å²) in [5.41, 5.74) is 0.105. The molecule has 0 atom stereocenters. The normalized spacial score (nSPS) is 16.4. The number of amides is 1. The van der Waals surface area contributed by atoms with Crippen molar-refractivity contribution in [3.8, 4) is 5.88 Å². The molecule has 0 radical (unpaired) electrons. The fraction of sp³-hybridized carbons (Fsp3) is 0.600. The second-order valence-electron chi connectivity index (χ2n) is 5.40. The van der Waals surface area contributed by atoms with E-state index >= 15 is 0 Å². The lowest BCUT2D eigenvalue weighted by atomic mass is 10.2. The number of aromatic nitrogens is 1. The van der Waals surface area contributed by atoms with Gasteiger partial charge in [-0.25, -0.2) is 4.98 Å². The molecule has 0 spiro atoms. The van der Waals surface area contributed by atoms with Gasteiger partial charge in [0.15, 0.2) is 6.61 Å². The molecular formula is C15H20F3N3O2. The number of hydrogen-bond donors (Lipinski definition) is 0. The minimum absolute atomic E-state index is 0.105. The van der Waals surface area contributed by atoms with E-state index in [1.165, 1.54) is 18.2 Å². The van der Waals surface area contributed by atoms with E-state index in [1.54, 1.807) is 4.90 Å². The van der Waals surface area contributed by atoms with E-state index in [2.05, 4.69) is 21.5 Å². The van der Waals surface area contributed by atoms with Crippen LogP contribution in [0.4, 0.5) is 13.2 Å². The summed E-state index contributed by atoms with van der Waals surface area (Å²) >= 11 is 0. The van der Waals surface area contributed by atoms with Crippen LogP contribution in [0.15, 0.2) is 18.2 Å². The first-order chi connectivity index (χ1) is 10.9. The van der Waals surface area contributed by atoms with Crippen LogP contribution < -0.4 is 4.74 Å². The average Bonchev–Trinajstić information content (AvgIpc) is 2.53. The molecule has 0 bridgehead atoms. The third-order valence-electron chi connectivity index (χ3n) is 3.53. The molecule has 1 fully saturated rings. The van der Waals surface area contributed by atoms with Crippen molar-refractivity contribution in [3.05, 3.63) is 23.9 Å². The lowest BCUT2D eigenvalue weighted by molar-refractivity contribution is -0.154. The molecule has 2 rings (SSSR count). The first kappa shape index (κ1) is 17.5. The summed E-state index contributed by atoms with van der Waals surface area (Å²) in [5, 5.41) is 0. The third kappa shape index (κ3) is 5.38. The molecule has 5 nitrogen and oxygen atoms in total. The molecule has 0 aliphatic carbocycles. The van der Waals surface area contributed by atoms with E-state index < -0.39 is 12.8 Å². The SMILES string of the molecule is CCCN1CCN(C(=O)c2cccc(OCC(F)(F)F)n2)CC1. The standard InChI is InChI=1S/C15H20F3N3O2/c1-2-6-20-7-9-21(10-8-20)14(22)12-4-3-5-13(19-12)23-11-15(16,17)18/h3-5H,2,6-11H2,1H3. The summed E-state index contributed by atoms with van der Waals surface area (Å²) < 4.78 is 41.1. The van der Waals surface area contributed by atoms with Gasteiger partial charge >= 0.3 is 6.18 Å². The molecule has 23 heavy (non-hydrogen) atoms. The summed E-state index contributed by atoms with van der Waals surface area (Å²) in [6.45, 7) is 4.46. The predicted molar refractivity (Wildman–Crippen MR) is 78.4 cm³/mol. The molecule has 2 heterocycles. The summed E-state index contributed by atoms with van der Waals surface area (Å²) in [4.78, 5) is 20.2. The Morgan fingerprint density at radius 1 is 1.26 bits per heavy atom. The molecule has 1 saturated heterocycles. The van der Waals surface area contributed by atoms with Crippen LogP contribution in [0.25, 0.3) is 0 Å². The Labute approximate surface area is 133 Å². The molecule has 1 aromatic rings. The average molecular weight is 331 g/mol. The summed E-state index contributed by atoms with van der Waals surface area (Å²) in [7, 11) is 0. The fourth-order valence-corrected chi connectivity index (χ4v) is 2.42. The zero-order chi connectivity index (χ0) is 16.9. The van der Waals surface area contributed by atoms with Crippen LogP contribution in [0, 0.1) is 0 Å². The number of nitrogens with zero attached hydrogens (tertiary/aromatic N) is 3. The number of carbonyl (C=O) groups is 1. The van der Waals surface area contributed by atoms with Gasteiger partial charge in [0.25, 0.3) is 5.91 Å². The zero-order valence-electron chi connectivity index (χ0n) is 13.0. The second kappa shape index (κ2) is 7.63. The van der Waals surface area contributed by atoms with Crippen LogP contribution in [0.5, 0.6) is 5.88 Å². The monoisotopic (exact) mass is 331 g/mol. The second-order valence-corrected chi connectivity index (χ2v) is 5.40. The molecule has 0 unspecified atom stereocenters. The van der Waals surface area contributed by atoms with E-state index in [1.807, 2.05) is 0 Å². The highest BCUT2D eigenvalue weighted by Crippen LogP contribution is 2.17. The number of carbonyl (C=O) groups excluding carboxylic acids is 1. The number of ether oxygens (including phenoxy) is 1. The molecule has 8 heteroatoms. The molecule has 1 aromatic heterocycles. The van der Waals surface area contributed by atoms with Crippen molar-refractivity contribution in [1.82, 2.24) is 14.8 Å². The Hall–Kier alpha value is -1.83. The molecule has 0 N–H and O–H groups in total. The minimum atomic E-state index is -4.43. The van der Waals surface area contributed by atoms with Crippen molar-refractivity contribution in [1.29, 1.82) is 0 Å². The highest BCUT2D eigenvalue weighted by molar-refractivity contribution is 5.92. The van der Waals surface area contributed by atoms with Crippen molar-refractivity contribution < 1.29 is 22.7 Å². The highest BCUT2D eigenvalue weighted by atomic mass is 19.4. The molecule has 1 aliphatic rings. The maximum Gasteiger partial charge on any atom is 0.422 e. The minimum Gasteiger partial charge on any atom is -0.468 e. The smallest absolute Gasteiger partial charge is 0.422 e. The third-order valence-corrected chi connectivity index (χ3v) is 3.53. The van der Waals surface area contributed by atoms with Gasteiger partial charge in [-0.05, 0) is 19.0 Å². The Bertz CT molecular complexity index is 529. The Morgan fingerprint density at radius 2 is 1.96 bits per heavy atom. The van der Waals surface area contributed by atoms with Crippen LogP contribution in [-0.2, 0) is 0 Å². The zero-order valence-corrected chi connectivity index (χ0v) is 13.0. The van der Waals surface area contributed by atoms with Gasteiger partial charge in [-0.1, -0.05) is 13.0 Å². The van der Waals surface area contributed by atoms with Crippen LogP contribution >= 0.6 is 0 Å². The molecular weight excluding hydrogens is 311 g/mol. The van der Waals surface area contributed by atoms with Crippen molar-refractivity contribution in [3.63, 3.8) is 0 Å². The Balaban J connectivity index is 1.95. The van der Waals surface area contributed by atoms with Crippen molar-refractivity contribution >= 4 is 5.91 Å². The van der Waals surface area contributed by atoms with Crippen molar-refractivity contribution in [2.75, 3.05) is 39.3 Å². The van der Waals surface area contributed by atoms with Crippen molar-refractivity contribution in [2.45, 2.75) is 19.5 Å². The quantitative estimate of drug-likeness (QED) is 0.830. The van der Waals surface area contributed by atoms with E-state index in [0.29, 0.717) is 13.1 Å². The van der Waals surface area contributed by atoms with Gasteiger partial charge in [-0.3, -0.25) is 9.69 Å².